The van der Waals surface area contributed by atoms with Crippen LogP contribution in [0, 0.1) is 5.82 Å². The van der Waals surface area contributed by atoms with Crippen molar-refractivity contribution in [3.8, 4) is 0 Å². The van der Waals surface area contributed by atoms with Crippen molar-refractivity contribution in [2.45, 2.75) is 52.1 Å². The number of amides is 2. The monoisotopic (exact) mass is 452 g/mol. The molecule has 0 aromatic heterocycles. The first-order valence-electron chi connectivity index (χ1n) is 10.1. The van der Waals surface area contributed by atoms with E-state index in [1.807, 2.05) is 13.8 Å². The fourth-order valence-electron chi connectivity index (χ4n) is 3.17. The third-order valence-corrected chi connectivity index (χ3v) is 5.59. The van der Waals surface area contributed by atoms with Crippen LogP contribution in [0.2, 0.25) is 10.0 Å². The quantitative estimate of drug-likeness (QED) is 0.490. The minimum Gasteiger partial charge on any atom is -0.354 e. The molecule has 2 aromatic rings. The summed E-state index contributed by atoms with van der Waals surface area (Å²) in [5.41, 5.74) is 1.04. The summed E-state index contributed by atoms with van der Waals surface area (Å²) >= 11 is 12.1. The number of nitrogens with zero attached hydrogens (tertiary/aromatic N) is 1. The lowest BCUT2D eigenvalue weighted by molar-refractivity contribution is -0.141. The number of carbonyl (C=O) groups is 2. The Labute approximate surface area is 187 Å². The third kappa shape index (κ3) is 6.71. The second-order valence-corrected chi connectivity index (χ2v) is 7.92. The van der Waals surface area contributed by atoms with Gasteiger partial charge in [0.1, 0.15) is 11.9 Å². The van der Waals surface area contributed by atoms with E-state index in [0.717, 1.165) is 18.4 Å². The molecule has 162 valence electrons. The molecule has 1 atom stereocenters. The predicted octanol–water partition coefficient (Wildman–Crippen LogP) is 5.40. The van der Waals surface area contributed by atoms with Crippen LogP contribution in [0.3, 0.4) is 0 Å². The minimum atomic E-state index is -0.671. The van der Waals surface area contributed by atoms with E-state index in [-0.39, 0.29) is 24.8 Å². The second kappa shape index (κ2) is 11.9. The van der Waals surface area contributed by atoms with Crippen molar-refractivity contribution >= 4 is 35.0 Å². The topological polar surface area (TPSA) is 49.4 Å². The lowest BCUT2D eigenvalue weighted by Crippen LogP contribution is -2.49. The molecule has 0 aliphatic heterocycles. The fraction of sp³-hybridized carbons (Fsp3) is 0.391. The molecule has 0 radical (unpaired) electrons. The molecule has 4 nitrogen and oxygen atoms in total. The van der Waals surface area contributed by atoms with Gasteiger partial charge in [0.05, 0.1) is 16.5 Å². The maximum atomic E-state index is 14.1. The summed E-state index contributed by atoms with van der Waals surface area (Å²) in [7, 11) is 0. The van der Waals surface area contributed by atoms with Crippen LogP contribution in [0.1, 0.15) is 44.2 Å². The SMILES string of the molecule is CCCCNC(=O)[C@@H](CC)N(Cc1ccc(Cl)c(Cl)c1)C(=O)Cc1ccccc1F. The van der Waals surface area contributed by atoms with E-state index in [1.54, 1.807) is 36.4 Å². The largest absolute Gasteiger partial charge is 0.354 e. The Hall–Kier alpha value is -2.11. The molecule has 0 bridgehead atoms. The van der Waals surface area contributed by atoms with Crippen LogP contribution in [0.5, 0.6) is 0 Å². The van der Waals surface area contributed by atoms with Gasteiger partial charge in [-0.3, -0.25) is 9.59 Å². The van der Waals surface area contributed by atoms with E-state index in [9.17, 15) is 14.0 Å². The van der Waals surface area contributed by atoms with Crippen molar-refractivity contribution in [2.75, 3.05) is 6.54 Å². The predicted molar refractivity (Wildman–Crippen MR) is 119 cm³/mol. The number of hydrogen-bond acceptors (Lipinski definition) is 2. The van der Waals surface area contributed by atoms with Gasteiger partial charge in [0.25, 0.3) is 0 Å². The summed E-state index contributed by atoms with van der Waals surface area (Å²) in [6.07, 6.45) is 2.11. The summed E-state index contributed by atoms with van der Waals surface area (Å²) in [4.78, 5) is 27.5. The molecule has 0 spiro atoms. The van der Waals surface area contributed by atoms with Crippen molar-refractivity contribution < 1.29 is 14.0 Å². The third-order valence-electron chi connectivity index (χ3n) is 4.85. The van der Waals surface area contributed by atoms with Gasteiger partial charge in [-0.25, -0.2) is 4.39 Å². The molecule has 0 aliphatic carbocycles. The minimum absolute atomic E-state index is 0.132. The highest BCUT2D eigenvalue weighted by Gasteiger charge is 2.29. The number of benzene rings is 2. The first-order valence-corrected chi connectivity index (χ1v) is 10.9. The molecule has 0 fully saturated rings. The molecule has 0 saturated carbocycles. The molecular weight excluding hydrogens is 426 g/mol. The van der Waals surface area contributed by atoms with Gasteiger partial charge in [-0.2, -0.15) is 0 Å². The number of nitrogens with one attached hydrogen (secondary N) is 1. The van der Waals surface area contributed by atoms with Gasteiger partial charge in [0.15, 0.2) is 0 Å². The van der Waals surface area contributed by atoms with Gasteiger partial charge in [-0.15, -0.1) is 0 Å². The zero-order chi connectivity index (χ0) is 22.1. The van der Waals surface area contributed by atoms with Gasteiger partial charge in [-0.1, -0.05) is 67.7 Å². The number of halogens is 3. The summed E-state index contributed by atoms with van der Waals surface area (Å²) in [5.74, 6) is -0.989. The summed E-state index contributed by atoms with van der Waals surface area (Å²) < 4.78 is 14.1. The number of hydrogen-bond donors (Lipinski definition) is 1. The Morgan fingerprint density at radius 3 is 2.47 bits per heavy atom. The normalized spacial score (nSPS) is 11.8. The lowest BCUT2D eigenvalue weighted by Gasteiger charge is -2.31. The molecule has 7 heteroatoms. The zero-order valence-corrected chi connectivity index (χ0v) is 18.8. The first-order chi connectivity index (χ1) is 14.4. The van der Waals surface area contributed by atoms with Gasteiger partial charge in [-0.05, 0) is 42.2 Å². The second-order valence-electron chi connectivity index (χ2n) is 7.11. The molecule has 30 heavy (non-hydrogen) atoms. The molecule has 0 unspecified atom stereocenters. The van der Waals surface area contributed by atoms with Gasteiger partial charge >= 0.3 is 0 Å². The molecule has 2 aromatic carbocycles. The molecule has 1 N–H and O–H groups in total. The van der Waals surface area contributed by atoms with Gasteiger partial charge < -0.3 is 10.2 Å². The molecule has 0 aliphatic rings. The number of carbonyl (C=O) groups excluding carboxylic acids is 2. The van der Waals surface area contributed by atoms with Crippen LogP contribution in [-0.4, -0.2) is 29.3 Å². The van der Waals surface area contributed by atoms with Crippen LogP contribution in [0.15, 0.2) is 42.5 Å². The highest BCUT2D eigenvalue weighted by Crippen LogP contribution is 2.24. The van der Waals surface area contributed by atoms with Crippen LogP contribution < -0.4 is 5.32 Å². The standard InChI is InChI=1S/C23H27Cl2FN2O2/c1-3-5-12-27-23(30)21(4-2)28(15-16-10-11-18(24)19(25)13-16)22(29)14-17-8-6-7-9-20(17)26/h6-11,13,21H,3-5,12,14-15H2,1-2H3,(H,27,30)/t21-/m1/s1. The Morgan fingerprint density at radius 1 is 1.10 bits per heavy atom. The number of unbranched alkanes of at least 4 members (excludes halogenated alkanes) is 1. The van der Waals surface area contributed by atoms with E-state index in [0.29, 0.717) is 28.6 Å². The van der Waals surface area contributed by atoms with Crippen LogP contribution in [-0.2, 0) is 22.6 Å². The van der Waals surface area contributed by atoms with E-state index in [2.05, 4.69) is 5.32 Å². The summed E-state index contributed by atoms with van der Waals surface area (Å²) in [5, 5.41) is 3.68. The molecule has 0 heterocycles. The van der Waals surface area contributed by atoms with Crippen LogP contribution in [0.25, 0.3) is 0 Å². The van der Waals surface area contributed by atoms with E-state index in [1.165, 1.54) is 11.0 Å². The number of rotatable bonds is 10. The average molecular weight is 453 g/mol. The molecule has 0 saturated heterocycles. The van der Waals surface area contributed by atoms with Crippen molar-refractivity contribution in [3.63, 3.8) is 0 Å². The van der Waals surface area contributed by atoms with Crippen molar-refractivity contribution in [1.82, 2.24) is 10.2 Å². The maximum Gasteiger partial charge on any atom is 0.242 e. The molecule has 2 amide bonds. The van der Waals surface area contributed by atoms with Crippen LogP contribution >= 0.6 is 23.2 Å². The Kier molecular flexibility index (Phi) is 9.60. The van der Waals surface area contributed by atoms with Gasteiger partial charge in [0, 0.05) is 13.1 Å². The summed E-state index contributed by atoms with van der Waals surface area (Å²) in [6.45, 7) is 4.61. The van der Waals surface area contributed by atoms with E-state index < -0.39 is 11.9 Å². The fourth-order valence-corrected chi connectivity index (χ4v) is 3.49. The zero-order valence-electron chi connectivity index (χ0n) is 17.3. The van der Waals surface area contributed by atoms with Gasteiger partial charge in [0.2, 0.25) is 11.8 Å². The average Bonchev–Trinajstić information content (AvgIpc) is 2.72. The lowest BCUT2D eigenvalue weighted by atomic mass is 10.1. The van der Waals surface area contributed by atoms with Crippen molar-refractivity contribution in [2.24, 2.45) is 0 Å². The van der Waals surface area contributed by atoms with Crippen molar-refractivity contribution in [3.05, 3.63) is 69.5 Å². The highest BCUT2D eigenvalue weighted by molar-refractivity contribution is 6.42. The van der Waals surface area contributed by atoms with Crippen LogP contribution in [0.4, 0.5) is 4.39 Å². The highest BCUT2D eigenvalue weighted by atomic mass is 35.5. The first kappa shape index (κ1) is 24.2. The molecular formula is C23H27Cl2FN2O2. The van der Waals surface area contributed by atoms with E-state index in [4.69, 9.17) is 23.2 Å². The smallest absolute Gasteiger partial charge is 0.242 e. The maximum absolute atomic E-state index is 14.1. The van der Waals surface area contributed by atoms with E-state index >= 15 is 0 Å². The molecule has 2 rings (SSSR count). The Balaban J connectivity index is 2.29. The Bertz CT molecular complexity index is 876. The summed E-state index contributed by atoms with van der Waals surface area (Å²) in [6, 6.07) is 10.6. The Morgan fingerprint density at radius 2 is 1.83 bits per heavy atom. The van der Waals surface area contributed by atoms with Crippen molar-refractivity contribution in [1.29, 1.82) is 0 Å².